The highest BCUT2D eigenvalue weighted by Crippen LogP contribution is 2.46. The van der Waals surface area contributed by atoms with Crippen molar-refractivity contribution in [1.29, 1.82) is 0 Å². The lowest BCUT2D eigenvalue weighted by atomic mass is 9.76. The number of sulfonamides is 1. The molecule has 6 nitrogen and oxygen atoms in total. The van der Waals surface area contributed by atoms with Crippen LogP contribution in [0.1, 0.15) is 74.3 Å². The highest BCUT2D eigenvalue weighted by molar-refractivity contribution is 9.10. The van der Waals surface area contributed by atoms with Crippen LogP contribution in [0.15, 0.2) is 33.3 Å². The molecule has 0 saturated carbocycles. The van der Waals surface area contributed by atoms with Crippen molar-refractivity contribution in [1.82, 2.24) is 14.2 Å². The Hall–Kier alpha value is -1.000. The highest BCUT2D eigenvalue weighted by Gasteiger charge is 2.37. The molecular formula is C29H36Br2ClN3O3S. The van der Waals surface area contributed by atoms with Crippen LogP contribution in [0.3, 0.4) is 0 Å². The Balaban J connectivity index is 1.26. The zero-order valence-corrected chi connectivity index (χ0v) is 27.2. The molecule has 3 aliphatic rings. The Morgan fingerprint density at radius 2 is 1.69 bits per heavy atom. The van der Waals surface area contributed by atoms with Gasteiger partial charge in [0, 0.05) is 58.7 Å². The molecule has 2 saturated heterocycles. The summed E-state index contributed by atoms with van der Waals surface area (Å²) >= 11 is 13.9. The van der Waals surface area contributed by atoms with Crippen LogP contribution in [0.5, 0.6) is 0 Å². The molecule has 39 heavy (non-hydrogen) atoms. The standard InChI is InChI=1S/C29H36Br2ClN3O3S/c1-18(2)39(37,38)35-11-5-19(6-12-35)13-26(36)34-9-7-20(8-10-34)28-27-21(15-24(32)16-25(27)31)3-4-22-14-23(30)17-33-29(22)28/h14-20,28H,3-13H2,1-2H3/t28-/m1/s1. The maximum absolute atomic E-state index is 13.3. The minimum atomic E-state index is -3.22. The predicted molar refractivity (Wildman–Crippen MR) is 163 cm³/mol. The van der Waals surface area contributed by atoms with Gasteiger partial charge < -0.3 is 4.90 Å². The number of benzene rings is 1. The van der Waals surface area contributed by atoms with Gasteiger partial charge in [0.2, 0.25) is 15.9 Å². The first kappa shape index (κ1) is 29.5. The number of rotatable bonds is 5. The van der Waals surface area contributed by atoms with E-state index >= 15 is 0 Å². The first-order valence-corrected chi connectivity index (χ1v) is 17.4. The van der Waals surface area contributed by atoms with Crippen molar-refractivity contribution in [2.75, 3.05) is 26.2 Å². The van der Waals surface area contributed by atoms with Crippen LogP contribution in [0.25, 0.3) is 0 Å². The van der Waals surface area contributed by atoms with E-state index in [9.17, 15) is 13.2 Å². The van der Waals surface area contributed by atoms with E-state index in [1.165, 1.54) is 16.7 Å². The maximum atomic E-state index is 13.3. The maximum Gasteiger partial charge on any atom is 0.222 e. The molecule has 0 bridgehead atoms. The fourth-order valence-corrected chi connectivity index (χ4v) is 9.37. The predicted octanol–water partition coefficient (Wildman–Crippen LogP) is 6.57. The van der Waals surface area contributed by atoms with Crippen molar-refractivity contribution in [3.8, 4) is 0 Å². The summed E-state index contributed by atoms with van der Waals surface area (Å²) in [5.41, 5.74) is 4.99. The number of likely N-dealkylation sites (tertiary alicyclic amines) is 1. The second-order valence-electron chi connectivity index (χ2n) is 11.5. The molecule has 2 aromatic rings. The summed E-state index contributed by atoms with van der Waals surface area (Å²) in [5.74, 6) is 0.982. The van der Waals surface area contributed by atoms with Gasteiger partial charge in [-0.05, 0) is 115 Å². The highest BCUT2D eigenvalue weighted by atomic mass is 79.9. The van der Waals surface area contributed by atoms with Gasteiger partial charge >= 0.3 is 0 Å². The molecular weight excluding hydrogens is 666 g/mol. The van der Waals surface area contributed by atoms with Gasteiger partial charge in [0.05, 0.1) is 10.9 Å². The molecule has 212 valence electrons. The molecule has 1 amide bonds. The molecule has 2 fully saturated rings. The third kappa shape index (κ3) is 6.27. The second-order valence-corrected chi connectivity index (χ2v) is 16.2. The molecule has 0 unspecified atom stereocenters. The number of carbonyl (C=O) groups is 1. The largest absolute Gasteiger partial charge is 0.343 e. The molecule has 1 aliphatic carbocycles. The minimum absolute atomic E-state index is 0.154. The number of piperidine rings is 2. The molecule has 1 aromatic heterocycles. The minimum Gasteiger partial charge on any atom is -0.343 e. The van der Waals surface area contributed by atoms with Gasteiger partial charge in [-0.2, -0.15) is 0 Å². The number of pyridine rings is 1. The smallest absolute Gasteiger partial charge is 0.222 e. The van der Waals surface area contributed by atoms with Crippen molar-refractivity contribution in [2.45, 2.75) is 70.0 Å². The van der Waals surface area contributed by atoms with Crippen molar-refractivity contribution < 1.29 is 13.2 Å². The number of aromatic nitrogens is 1. The molecule has 3 heterocycles. The Labute approximate surface area is 254 Å². The van der Waals surface area contributed by atoms with Gasteiger partial charge in [-0.1, -0.05) is 27.5 Å². The van der Waals surface area contributed by atoms with Crippen LogP contribution < -0.4 is 0 Å². The van der Waals surface area contributed by atoms with Gasteiger partial charge in [0.15, 0.2) is 0 Å². The van der Waals surface area contributed by atoms with Crippen LogP contribution in [-0.4, -0.2) is 59.9 Å². The summed E-state index contributed by atoms with van der Waals surface area (Å²) in [6, 6.07) is 6.30. The molecule has 2 aliphatic heterocycles. The van der Waals surface area contributed by atoms with Crippen molar-refractivity contribution >= 4 is 59.4 Å². The Morgan fingerprint density at radius 1 is 1.03 bits per heavy atom. The van der Waals surface area contributed by atoms with Crippen LogP contribution >= 0.6 is 43.5 Å². The lowest BCUT2D eigenvalue weighted by molar-refractivity contribution is -0.133. The van der Waals surface area contributed by atoms with E-state index in [1.54, 1.807) is 18.2 Å². The number of hydrogen-bond acceptors (Lipinski definition) is 4. The van der Waals surface area contributed by atoms with E-state index in [0.29, 0.717) is 25.4 Å². The third-order valence-corrected chi connectivity index (χ3v) is 12.4. The first-order valence-electron chi connectivity index (χ1n) is 13.9. The van der Waals surface area contributed by atoms with E-state index in [0.717, 1.165) is 71.3 Å². The zero-order chi connectivity index (χ0) is 27.9. The summed E-state index contributed by atoms with van der Waals surface area (Å²) < 4.78 is 28.6. The van der Waals surface area contributed by atoms with Gasteiger partial charge in [-0.25, -0.2) is 12.7 Å². The summed E-state index contributed by atoms with van der Waals surface area (Å²) in [7, 11) is -3.22. The topological polar surface area (TPSA) is 70.6 Å². The average Bonchev–Trinajstić information content (AvgIpc) is 3.05. The van der Waals surface area contributed by atoms with Crippen LogP contribution in [-0.2, 0) is 27.7 Å². The number of fused-ring (bicyclic) bond motifs is 2. The number of hydrogen-bond donors (Lipinski definition) is 0. The molecule has 1 atom stereocenters. The molecule has 1 aromatic carbocycles. The second kappa shape index (κ2) is 12.1. The Bertz CT molecular complexity index is 1340. The summed E-state index contributed by atoms with van der Waals surface area (Å²) in [5, 5.41) is 0.339. The van der Waals surface area contributed by atoms with E-state index < -0.39 is 15.3 Å². The molecule has 0 N–H and O–H groups in total. The average molecular weight is 702 g/mol. The summed E-state index contributed by atoms with van der Waals surface area (Å²) in [6.45, 7) is 5.97. The van der Waals surface area contributed by atoms with Crippen molar-refractivity contribution in [2.24, 2.45) is 11.8 Å². The summed E-state index contributed by atoms with van der Waals surface area (Å²) in [6.07, 6.45) is 7.60. The zero-order valence-electron chi connectivity index (χ0n) is 22.5. The van der Waals surface area contributed by atoms with Gasteiger partial charge in [-0.15, -0.1) is 0 Å². The SMILES string of the molecule is CC(C)S(=O)(=O)N1CCC(CC(=O)N2CCC([C@H]3c4ncc(Br)cc4CCc4cc(Cl)cc(Br)c43)CC2)CC1. The molecule has 0 spiro atoms. The van der Waals surface area contributed by atoms with E-state index in [-0.39, 0.29) is 17.7 Å². The van der Waals surface area contributed by atoms with E-state index in [1.807, 2.05) is 17.2 Å². The van der Waals surface area contributed by atoms with Gasteiger partial charge in [-0.3, -0.25) is 9.78 Å². The first-order chi connectivity index (χ1) is 18.5. The number of amides is 1. The quantitative estimate of drug-likeness (QED) is 0.354. The lowest BCUT2D eigenvalue weighted by Gasteiger charge is -2.38. The van der Waals surface area contributed by atoms with Crippen LogP contribution in [0, 0.1) is 11.8 Å². The molecule has 0 radical (unpaired) electrons. The fraction of sp³-hybridized carbons (Fsp3) is 0.586. The number of nitrogens with zero attached hydrogens (tertiary/aromatic N) is 3. The Kier molecular flexibility index (Phi) is 9.14. The van der Waals surface area contributed by atoms with Gasteiger partial charge in [0.25, 0.3) is 0 Å². The lowest BCUT2D eigenvalue weighted by Crippen LogP contribution is -2.44. The summed E-state index contributed by atoms with van der Waals surface area (Å²) in [4.78, 5) is 20.2. The number of halogens is 3. The Morgan fingerprint density at radius 3 is 2.36 bits per heavy atom. The van der Waals surface area contributed by atoms with Crippen LogP contribution in [0.2, 0.25) is 5.02 Å². The fourth-order valence-electron chi connectivity index (χ4n) is 6.55. The van der Waals surface area contributed by atoms with E-state index in [2.05, 4.69) is 44.0 Å². The molecule has 5 rings (SSSR count). The number of carbonyl (C=O) groups excluding carboxylic acids is 1. The van der Waals surface area contributed by atoms with Crippen molar-refractivity contribution in [3.05, 3.63) is 60.7 Å². The normalized spacial score (nSPS) is 21.5. The van der Waals surface area contributed by atoms with Crippen molar-refractivity contribution in [3.63, 3.8) is 0 Å². The third-order valence-electron chi connectivity index (χ3n) is 8.77. The number of aryl methyl sites for hydroxylation is 2. The van der Waals surface area contributed by atoms with Crippen LogP contribution in [0.4, 0.5) is 0 Å². The van der Waals surface area contributed by atoms with E-state index in [4.69, 9.17) is 16.6 Å². The van der Waals surface area contributed by atoms with Gasteiger partial charge in [0.1, 0.15) is 0 Å². The monoisotopic (exact) mass is 699 g/mol. The molecule has 10 heteroatoms.